The van der Waals surface area contributed by atoms with Crippen molar-refractivity contribution in [3.05, 3.63) is 0 Å². The number of nitrogens with zero attached hydrogens (tertiary/aromatic N) is 1. The molecule has 3 fully saturated rings. The molecule has 3 aliphatic rings. The third-order valence-electron chi connectivity index (χ3n) is 8.31. The fourth-order valence-corrected chi connectivity index (χ4v) is 5.86. The molecule has 5 amide bonds. The van der Waals surface area contributed by atoms with Crippen molar-refractivity contribution in [3.8, 4) is 0 Å². The van der Waals surface area contributed by atoms with Crippen LogP contribution in [0.4, 0.5) is 4.79 Å². The zero-order chi connectivity index (χ0) is 28.1. The normalized spacial score (nSPS) is 26.3. The Morgan fingerprint density at radius 2 is 1.59 bits per heavy atom. The highest BCUT2D eigenvalue weighted by Crippen LogP contribution is 2.65. The topological polar surface area (TPSA) is 151 Å². The summed E-state index contributed by atoms with van der Waals surface area (Å²) in [5, 5.41) is 8.44. The summed E-state index contributed by atoms with van der Waals surface area (Å²) in [4.78, 5) is 66.1. The summed E-state index contributed by atoms with van der Waals surface area (Å²) < 4.78 is 0. The zero-order valence-electron chi connectivity index (χ0n) is 23.6. The molecule has 10 nitrogen and oxygen atoms in total. The van der Waals surface area contributed by atoms with Gasteiger partial charge in [0.1, 0.15) is 12.1 Å². The molecule has 0 radical (unpaired) electrons. The van der Waals surface area contributed by atoms with Crippen molar-refractivity contribution in [1.82, 2.24) is 20.9 Å². The van der Waals surface area contributed by atoms with Gasteiger partial charge < -0.3 is 26.6 Å². The van der Waals surface area contributed by atoms with Crippen molar-refractivity contribution < 1.29 is 24.0 Å². The molecule has 0 aromatic heterocycles. The van der Waals surface area contributed by atoms with Crippen molar-refractivity contribution in [2.75, 3.05) is 6.54 Å². The van der Waals surface area contributed by atoms with Crippen molar-refractivity contribution in [2.45, 2.75) is 105 Å². The minimum atomic E-state index is -1.07. The number of nitrogens with two attached hydrogens (primary N) is 1. The molecule has 0 aromatic rings. The number of carbonyl (C=O) groups is 5. The smallest absolute Gasteiger partial charge is 0.315 e. The number of ketones is 1. The molecule has 5 atom stereocenters. The first-order valence-electron chi connectivity index (χ1n) is 13.4. The number of primary amides is 1. The van der Waals surface area contributed by atoms with E-state index in [0.29, 0.717) is 13.0 Å². The first-order valence-corrected chi connectivity index (χ1v) is 13.4. The van der Waals surface area contributed by atoms with Gasteiger partial charge in [0.15, 0.2) is 0 Å². The molecule has 1 saturated heterocycles. The van der Waals surface area contributed by atoms with Gasteiger partial charge in [-0.05, 0) is 55.8 Å². The molecule has 5 N–H and O–H groups in total. The van der Waals surface area contributed by atoms with Crippen LogP contribution >= 0.6 is 0 Å². The number of fused-ring (bicyclic) bond motifs is 1. The summed E-state index contributed by atoms with van der Waals surface area (Å²) in [7, 11) is 0. The molecule has 2 saturated carbocycles. The van der Waals surface area contributed by atoms with E-state index in [1.54, 1.807) is 4.90 Å². The van der Waals surface area contributed by atoms with E-state index >= 15 is 0 Å². The van der Waals surface area contributed by atoms with Crippen LogP contribution in [0.3, 0.4) is 0 Å². The lowest BCUT2D eigenvalue weighted by Crippen LogP contribution is -2.62. The highest BCUT2D eigenvalue weighted by atomic mass is 16.2. The van der Waals surface area contributed by atoms with Crippen LogP contribution in [0.2, 0.25) is 0 Å². The monoisotopic (exact) mass is 519 g/mol. The number of piperidine rings is 1. The number of urea groups is 1. The van der Waals surface area contributed by atoms with Gasteiger partial charge in [0.05, 0.1) is 6.04 Å². The van der Waals surface area contributed by atoms with E-state index in [1.807, 2.05) is 41.5 Å². The van der Waals surface area contributed by atoms with E-state index in [1.165, 1.54) is 0 Å². The van der Waals surface area contributed by atoms with E-state index < -0.39 is 52.7 Å². The highest BCUT2D eigenvalue weighted by molar-refractivity contribution is 6.37. The minimum absolute atomic E-state index is 0.0755. The van der Waals surface area contributed by atoms with Crippen LogP contribution in [0.1, 0.15) is 81.1 Å². The molecule has 37 heavy (non-hydrogen) atoms. The van der Waals surface area contributed by atoms with Gasteiger partial charge in [0.2, 0.25) is 17.6 Å². The predicted molar refractivity (Wildman–Crippen MR) is 139 cm³/mol. The van der Waals surface area contributed by atoms with Gasteiger partial charge in [-0.3, -0.25) is 19.2 Å². The van der Waals surface area contributed by atoms with E-state index in [-0.39, 0.29) is 29.1 Å². The number of hydrogen-bond donors (Lipinski definition) is 4. The Morgan fingerprint density at radius 1 is 1.00 bits per heavy atom. The van der Waals surface area contributed by atoms with Gasteiger partial charge in [-0.25, -0.2) is 4.79 Å². The first-order chi connectivity index (χ1) is 16.8. The Bertz CT molecular complexity index is 959. The molecule has 10 heteroatoms. The van der Waals surface area contributed by atoms with Gasteiger partial charge in [-0.2, -0.15) is 0 Å². The van der Waals surface area contributed by atoms with Crippen LogP contribution in [0.25, 0.3) is 0 Å². The Morgan fingerprint density at radius 3 is 2.05 bits per heavy atom. The predicted octanol–water partition coefficient (Wildman–Crippen LogP) is 1.71. The summed E-state index contributed by atoms with van der Waals surface area (Å²) in [6, 6.07) is -3.13. The Balaban J connectivity index is 1.83. The van der Waals surface area contributed by atoms with E-state index in [9.17, 15) is 24.0 Å². The average Bonchev–Trinajstić information content (AvgIpc) is 3.06. The minimum Gasteiger partial charge on any atom is -0.363 e. The quantitative estimate of drug-likeness (QED) is 0.360. The number of amides is 5. The number of likely N-dealkylation sites (tertiary alicyclic amines) is 1. The maximum absolute atomic E-state index is 13.9. The fourth-order valence-electron chi connectivity index (χ4n) is 5.86. The molecule has 1 aliphatic heterocycles. The van der Waals surface area contributed by atoms with E-state index in [4.69, 9.17) is 5.73 Å². The standard InChI is InChI=1S/C27H45N5O5/c1-25(2,3)20(30-24(37)31-26(4,5)6)23(36)32-13-15-17(27(15,7)8)18(32)22(35)29-16(19(33)21(28)34)12-14-10-9-11-14/h14-18,20H,9-13H2,1-8H3,(H2,28,34)(H,29,35)(H2,30,31,37)/t15-,16?,17-,18-,20-/m0/s1. The second kappa shape index (κ2) is 9.91. The molecule has 0 spiro atoms. The number of rotatable bonds is 8. The van der Waals surface area contributed by atoms with Crippen LogP contribution in [0.5, 0.6) is 0 Å². The summed E-state index contributed by atoms with van der Waals surface area (Å²) in [5.41, 5.74) is 4.04. The van der Waals surface area contributed by atoms with E-state index in [2.05, 4.69) is 29.8 Å². The number of Topliss-reactive ketones (excluding diaryl/α,β-unsaturated/α-hetero) is 1. The number of hydrogen-bond acceptors (Lipinski definition) is 5. The molecule has 1 heterocycles. The van der Waals surface area contributed by atoms with Gasteiger partial charge in [0, 0.05) is 12.1 Å². The lowest BCUT2D eigenvalue weighted by Gasteiger charge is -2.38. The van der Waals surface area contributed by atoms with Crippen LogP contribution in [-0.4, -0.2) is 64.6 Å². The molecular weight excluding hydrogens is 474 g/mol. The maximum Gasteiger partial charge on any atom is 0.315 e. The second-order valence-electron chi connectivity index (χ2n) is 13.9. The van der Waals surface area contributed by atoms with Crippen LogP contribution in [0, 0.1) is 28.6 Å². The Labute approximate surface area is 220 Å². The van der Waals surface area contributed by atoms with Crippen LogP contribution in [0.15, 0.2) is 0 Å². The molecular formula is C27H45N5O5. The number of nitrogens with one attached hydrogen (secondary N) is 3. The van der Waals surface area contributed by atoms with Gasteiger partial charge in [0.25, 0.3) is 5.91 Å². The molecule has 0 aromatic carbocycles. The number of carbonyl (C=O) groups excluding carboxylic acids is 5. The van der Waals surface area contributed by atoms with Crippen molar-refractivity contribution >= 4 is 29.5 Å². The first kappa shape index (κ1) is 28.9. The average molecular weight is 520 g/mol. The molecule has 1 unspecified atom stereocenters. The van der Waals surface area contributed by atoms with Gasteiger partial charge in [-0.15, -0.1) is 0 Å². The second-order valence-corrected chi connectivity index (χ2v) is 13.9. The van der Waals surface area contributed by atoms with Gasteiger partial charge >= 0.3 is 6.03 Å². The Hall–Kier alpha value is -2.65. The van der Waals surface area contributed by atoms with E-state index in [0.717, 1.165) is 19.3 Å². The Kier molecular flexibility index (Phi) is 7.74. The summed E-state index contributed by atoms with van der Waals surface area (Å²) in [5.74, 6) is -2.35. The lowest BCUT2D eigenvalue weighted by molar-refractivity contribution is -0.145. The molecule has 2 aliphatic carbocycles. The van der Waals surface area contributed by atoms with Crippen molar-refractivity contribution in [2.24, 2.45) is 34.3 Å². The summed E-state index contributed by atoms with van der Waals surface area (Å²) >= 11 is 0. The van der Waals surface area contributed by atoms with Crippen LogP contribution < -0.4 is 21.7 Å². The lowest BCUT2D eigenvalue weighted by atomic mass is 9.80. The molecule has 3 rings (SSSR count). The molecule has 0 bridgehead atoms. The van der Waals surface area contributed by atoms with Gasteiger partial charge in [-0.1, -0.05) is 53.9 Å². The van der Waals surface area contributed by atoms with Crippen molar-refractivity contribution in [1.29, 1.82) is 0 Å². The largest absolute Gasteiger partial charge is 0.363 e. The fraction of sp³-hybridized carbons (Fsp3) is 0.815. The van der Waals surface area contributed by atoms with Crippen molar-refractivity contribution in [3.63, 3.8) is 0 Å². The highest BCUT2D eigenvalue weighted by Gasteiger charge is 2.70. The third-order valence-corrected chi connectivity index (χ3v) is 8.31. The summed E-state index contributed by atoms with van der Waals surface area (Å²) in [6.45, 7) is 15.7. The zero-order valence-corrected chi connectivity index (χ0v) is 23.6. The maximum atomic E-state index is 13.9. The van der Waals surface area contributed by atoms with Crippen LogP contribution in [-0.2, 0) is 19.2 Å². The molecule has 208 valence electrons. The summed E-state index contributed by atoms with van der Waals surface area (Å²) in [6.07, 6.45) is 3.31. The third kappa shape index (κ3) is 6.26. The SMILES string of the molecule is CC(C)(C)NC(=O)N[C@@H](C(=O)N1C[C@H]2[C@@H]([C@H]1C(=O)NC(CC1CCC1)C(=O)C(N)=O)C2(C)C)C(C)(C)C.